The molecule has 1 atom stereocenters. The van der Waals surface area contributed by atoms with Crippen LogP contribution in [0.15, 0.2) is 30.5 Å². The number of hydrogen-bond acceptors (Lipinski definition) is 5. The Morgan fingerprint density at radius 2 is 2.11 bits per heavy atom. The van der Waals surface area contributed by atoms with Crippen molar-refractivity contribution in [1.29, 1.82) is 0 Å². The molecular formula is C13H15N3O2. The number of hydrogen-bond donors (Lipinski definition) is 1. The molecule has 1 aromatic carbocycles. The van der Waals surface area contributed by atoms with Crippen molar-refractivity contribution in [2.75, 3.05) is 7.11 Å². The molecule has 0 unspecified atom stereocenters. The van der Waals surface area contributed by atoms with Crippen LogP contribution in [0.1, 0.15) is 12.6 Å². The highest BCUT2D eigenvalue weighted by Crippen LogP contribution is 2.08. The maximum Gasteiger partial charge on any atom is 0.322 e. The molecule has 0 saturated heterocycles. The molecule has 0 bridgehead atoms. The number of aromatic nitrogens is 2. The number of carbonyl (C=O) groups is 1. The Balaban J connectivity index is 2.06. The topological polar surface area (TPSA) is 64.1 Å². The lowest BCUT2D eigenvalue weighted by Gasteiger charge is -2.10. The molecule has 94 valence electrons. The predicted octanol–water partition coefficient (Wildman–Crippen LogP) is 1.28. The van der Waals surface area contributed by atoms with Gasteiger partial charge in [-0.1, -0.05) is 12.1 Å². The van der Waals surface area contributed by atoms with Crippen LogP contribution in [-0.4, -0.2) is 29.1 Å². The van der Waals surface area contributed by atoms with E-state index in [1.165, 1.54) is 7.11 Å². The van der Waals surface area contributed by atoms with Gasteiger partial charge in [0.05, 0.1) is 30.0 Å². The first-order valence-corrected chi connectivity index (χ1v) is 5.72. The summed E-state index contributed by atoms with van der Waals surface area (Å²) in [4.78, 5) is 20.0. The average Bonchev–Trinajstić information content (AvgIpc) is 2.43. The van der Waals surface area contributed by atoms with Gasteiger partial charge < -0.3 is 4.74 Å². The van der Waals surface area contributed by atoms with E-state index in [0.717, 1.165) is 16.7 Å². The number of nitrogens with one attached hydrogen (secondary N) is 1. The highest BCUT2D eigenvalue weighted by atomic mass is 16.5. The molecule has 1 N–H and O–H groups in total. The van der Waals surface area contributed by atoms with Crippen LogP contribution in [0.25, 0.3) is 11.0 Å². The maximum absolute atomic E-state index is 11.2. The first kappa shape index (κ1) is 12.4. The minimum atomic E-state index is -0.358. The van der Waals surface area contributed by atoms with E-state index in [1.54, 1.807) is 13.1 Å². The second-order valence-electron chi connectivity index (χ2n) is 3.98. The third-order valence-electron chi connectivity index (χ3n) is 2.64. The van der Waals surface area contributed by atoms with Crippen molar-refractivity contribution in [3.63, 3.8) is 0 Å². The van der Waals surface area contributed by atoms with E-state index in [0.29, 0.717) is 6.54 Å². The van der Waals surface area contributed by atoms with Crippen LogP contribution in [0.2, 0.25) is 0 Å². The van der Waals surface area contributed by atoms with Gasteiger partial charge in [0.1, 0.15) is 6.04 Å². The van der Waals surface area contributed by atoms with Gasteiger partial charge in [-0.2, -0.15) is 0 Å². The summed E-state index contributed by atoms with van der Waals surface area (Å²) in [6, 6.07) is 7.31. The summed E-state index contributed by atoms with van der Waals surface area (Å²) >= 11 is 0. The monoisotopic (exact) mass is 245 g/mol. The molecule has 0 spiro atoms. The summed E-state index contributed by atoms with van der Waals surface area (Å²) in [6.07, 6.45) is 1.71. The lowest BCUT2D eigenvalue weighted by atomic mass is 10.3. The first-order chi connectivity index (χ1) is 8.70. The van der Waals surface area contributed by atoms with Crippen LogP contribution in [0, 0.1) is 0 Å². The summed E-state index contributed by atoms with van der Waals surface area (Å²) in [6.45, 7) is 2.23. The van der Waals surface area contributed by atoms with Crippen molar-refractivity contribution in [1.82, 2.24) is 15.3 Å². The number of esters is 1. The Kier molecular flexibility index (Phi) is 3.84. The lowest BCUT2D eigenvalue weighted by molar-refractivity contribution is -0.142. The molecular weight excluding hydrogens is 230 g/mol. The third-order valence-corrected chi connectivity index (χ3v) is 2.64. The number of methoxy groups -OCH3 is 1. The molecule has 0 amide bonds. The minimum absolute atomic E-state index is 0.288. The fraction of sp³-hybridized carbons (Fsp3) is 0.308. The fourth-order valence-electron chi connectivity index (χ4n) is 1.60. The second kappa shape index (κ2) is 5.55. The van der Waals surface area contributed by atoms with E-state index in [2.05, 4.69) is 20.0 Å². The number of para-hydroxylation sites is 2. The highest BCUT2D eigenvalue weighted by molar-refractivity contribution is 5.75. The highest BCUT2D eigenvalue weighted by Gasteiger charge is 2.12. The normalized spacial score (nSPS) is 12.3. The summed E-state index contributed by atoms with van der Waals surface area (Å²) in [5.74, 6) is -0.288. The zero-order valence-corrected chi connectivity index (χ0v) is 10.4. The zero-order valence-electron chi connectivity index (χ0n) is 10.4. The van der Waals surface area contributed by atoms with E-state index < -0.39 is 0 Å². The molecule has 0 saturated carbocycles. The lowest BCUT2D eigenvalue weighted by Crippen LogP contribution is -2.34. The molecule has 0 aliphatic rings. The van der Waals surface area contributed by atoms with Gasteiger partial charge in [-0.05, 0) is 19.1 Å². The Bertz CT molecular complexity index is 557. The van der Waals surface area contributed by atoms with Crippen LogP contribution in [-0.2, 0) is 16.1 Å². The van der Waals surface area contributed by atoms with E-state index in [9.17, 15) is 4.79 Å². The summed E-state index contributed by atoms with van der Waals surface area (Å²) in [5.41, 5.74) is 2.51. The molecule has 0 aliphatic heterocycles. The molecule has 1 heterocycles. The van der Waals surface area contributed by atoms with E-state index in [1.807, 2.05) is 24.3 Å². The van der Waals surface area contributed by atoms with Crippen molar-refractivity contribution in [2.24, 2.45) is 0 Å². The summed E-state index contributed by atoms with van der Waals surface area (Å²) in [7, 11) is 1.37. The first-order valence-electron chi connectivity index (χ1n) is 5.72. The Morgan fingerprint density at radius 1 is 1.39 bits per heavy atom. The van der Waals surface area contributed by atoms with Gasteiger partial charge in [0, 0.05) is 6.54 Å². The van der Waals surface area contributed by atoms with E-state index >= 15 is 0 Å². The van der Waals surface area contributed by atoms with Crippen LogP contribution in [0.4, 0.5) is 0 Å². The van der Waals surface area contributed by atoms with Crippen LogP contribution < -0.4 is 5.32 Å². The van der Waals surface area contributed by atoms with Gasteiger partial charge in [-0.15, -0.1) is 0 Å². The smallest absolute Gasteiger partial charge is 0.322 e. The SMILES string of the molecule is COC(=O)[C@H](C)NCc1cnc2ccccc2n1. The molecule has 0 aliphatic carbocycles. The fourth-order valence-corrected chi connectivity index (χ4v) is 1.60. The largest absolute Gasteiger partial charge is 0.468 e. The quantitative estimate of drug-likeness (QED) is 0.822. The molecule has 2 rings (SSSR count). The minimum Gasteiger partial charge on any atom is -0.468 e. The van der Waals surface area contributed by atoms with Crippen molar-refractivity contribution >= 4 is 17.0 Å². The molecule has 18 heavy (non-hydrogen) atoms. The number of fused-ring (bicyclic) bond motifs is 1. The third kappa shape index (κ3) is 2.81. The second-order valence-corrected chi connectivity index (χ2v) is 3.98. The van der Waals surface area contributed by atoms with Crippen molar-refractivity contribution in [3.05, 3.63) is 36.2 Å². The van der Waals surface area contributed by atoms with Gasteiger partial charge in [-0.25, -0.2) is 4.98 Å². The standard InChI is InChI=1S/C13H15N3O2/c1-9(13(17)18-2)14-7-10-8-15-11-5-3-4-6-12(11)16-10/h3-6,8-9,14H,7H2,1-2H3/t9-/m0/s1. The van der Waals surface area contributed by atoms with Crippen molar-refractivity contribution in [2.45, 2.75) is 19.5 Å². The van der Waals surface area contributed by atoms with Crippen LogP contribution >= 0.6 is 0 Å². The number of carbonyl (C=O) groups excluding carboxylic acids is 1. The molecule has 5 heteroatoms. The predicted molar refractivity (Wildman–Crippen MR) is 67.9 cm³/mol. The van der Waals surface area contributed by atoms with Gasteiger partial charge in [0.25, 0.3) is 0 Å². The van der Waals surface area contributed by atoms with Crippen molar-refractivity contribution in [3.8, 4) is 0 Å². The van der Waals surface area contributed by atoms with Crippen LogP contribution in [0.3, 0.4) is 0 Å². The average molecular weight is 245 g/mol. The van der Waals surface area contributed by atoms with Gasteiger partial charge in [0.15, 0.2) is 0 Å². The maximum atomic E-state index is 11.2. The van der Waals surface area contributed by atoms with Gasteiger partial charge >= 0.3 is 5.97 Å². The van der Waals surface area contributed by atoms with E-state index in [-0.39, 0.29) is 12.0 Å². The Labute approximate surface area is 105 Å². The Morgan fingerprint density at radius 3 is 2.83 bits per heavy atom. The summed E-state index contributed by atoms with van der Waals surface area (Å²) < 4.78 is 4.63. The zero-order chi connectivity index (χ0) is 13.0. The molecule has 0 radical (unpaired) electrons. The summed E-state index contributed by atoms with van der Waals surface area (Å²) in [5, 5.41) is 3.04. The Hall–Kier alpha value is -2.01. The number of nitrogens with zero attached hydrogens (tertiary/aromatic N) is 2. The van der Waals surface area contributed by atoms with Crippen LogP contribution in [0.5, 0.6) is 0 Å². The van der Waals surface area contributed by atoms with E-state index in [4.69, 9.17) is 0 Å². The number of rotatable bonds is 4. The van der Waals surface area contributed by atoms with Crippen molar-refractivity contribution < 1.29 is 9.53 Å². The molecule has 5 nitrogen and oxygen atoms in total. The molecule has 0 fully saturated rings. The van der Waals surface area contributed by atoms with Gasteiger partial charge in [0.2, 0.25) is 0 Å². The number of ether oxygens (including phenoxy) is 1. The van der Waals surface area contributed by atoms with Gasteiger partial charge in [-0.3, -0.25) is 15.1 Å². The molecule has 2 aromatic rings. The molecule has 1 aromatic heterocycles. The number of benzene rings is 1.